The van der Waals surface area contributed by atoms with Crippen molar-refractivity contribution in [2.24, 2.45) is 0 Å². The molecule has 7 nitrogen and oxygen atoms in total. The Morgan fingerprint density at radius 2 is 2.28 bits per heavy atom. The van der Waals surface area contributed by atoms with E-state index in [2.05, 4.69) is 5.43 Å². The van der Waals surface area contributed by atoms with Gasteiger partial charge in [0.05, 0.1) is 24.8 Å². The van der Waals surface area contributed by atoms with Crippen molar-refractivity contribution in [3.63, 3.8) is 0 Å². The van der Waals surface area contributed by atoms with Gasteiger partial charge in [-0.3, -0.25) is 9.59 Å². The van der Waals surface area contributed by atoms with Gasteiger partial charge >= 0.3 is 11.9 Å². The second-order valence-corrected chi connectivity index (χ2v) is 6.26. The first-order valence-corrected chi connectivity index (χ1v) is 8.48. The van der Waals surface area contributed by atoms with Gasteiger partial charge in [0.1, 0.15) is 6.29 Å². The van der Waals surface area contributed by atoms with Crippen molar-refractivity contribution in [3.8, 4) is 0 Å². The highest BCUT2D eigenvalue weighted by Crippen LogP contribution is 2.39. The van der Waals surface area contributed by atoms with Crippen LogP contribution < -0.4 is 10.4 Å². The molecule has 2 rings (SSSR count). The van der Waals surface area contributed by atoms with Gasteiger partial charge in [0, 0.05) is 23.9 Å². The van der Waals surface area contributed by atoms with E-state index in [1.165, 1.54) is 0 Å². The Bertz CT molecular complexity index is 652. The van der Waals surface area contributed by atoms with Crippen molar-refractivity contribution < 1.29 is 24.2 Å². The number of hydrogen-bond donors (Lipinski definition) is 2. The third-order valence-corrected chi connectivity index (χ3v) is 4.23. The van der Waals surface area contributed by atoms with Crippen LogP contribution in [0.1, 0.15) is 37.7 Å². The van der Waals surface area contributed by atoms with Gasteiger partial charge in [-0.2, -0.15) is 0 Å². The largest absolute Gasteiger partial charge is 0.481 e. The molecule has 0 radical (unpaired) electrons. The lowest BCUT2D eigenvalue weighted by Gasteiger charge is -2.24. The molecule has 1 aliphatic heterocycles. The molecule has 1 aliphatic rings. The molecule has 0 aliphatic carbocycles. The van der Waals surface area contributed by atoms with Gasteiger partial charge in [-0.05, 0) is 37.1 Å². The molecule has 0 saturated heterocycles. The summed E-state index contributed by atoms with van der Waals surface area (Å²) in [6.45, 7) is 2.53. The number of benzene rings is 1. The third kappa shape index (κ3) is 5.17. The second kappa shape index (κ2) is 8.82. The molecule has 2 atom stereocenters. The summed E-state index contributed by atoms with van der Waals surface area (Å²) >= 11 is 6.08. The van der Waals surface area contributed by atoms with Crippen molar-refractivity contribution in [3.05, 3.63) is 28.8 Å². The number of esters is 1. The number of rotatable bonds is 9. The van der Waals surface area contributed by atoms with Crippen molar-refractivity contribution in [1.29, 1.82) is 0 Å². The monoisotopic (exact) mass is 368 g/mol. The summed E-state index contributed by atoms with van der Waals surface area (Å²) in [5.41, 5.74) is 4.76. The first-order chi connectivity index (χ1) is 11.9. The van der Waals surface area contributed by atoms with E-state index in [1.54, 1.807) is 24.1 Å². The Kier molecular flexibility index (Phi) is 6.78. The predicted molar refractivity (Wildman–Crippen MR) is 92.6 cm³/mol. The molecule has 0 bridgehead atoms. The van der Waals surface area contributed by atoms with Crippen molar-refractivity contribution >= 4 is 35.5 Å². The van der Waals surface area contributed by atoms with Gasteiger partial charge < -0.3 is 19.6 Å². The summed E-state index contributed by atoms with van der Waals surface area (Å²) in [7, 11) is 0. The number of aliphatic carboxylic acids is 1. The Morgan fingerprint density at radius 3 is 2.92 bits per heavy atom. The van der Waals surface area contributed by atoms with Crippen molar-refractivity contribution in [2.75, 3.05) is 18.2 Å². The molecule has 0 saturated carbocycles. The van der Waals surface area contributed by atoms with Crippen molar-refractivity contribution in [1.82, 2.24) is 5.43 Å². The summed E-state index contributed by atoms with van der Waals surface area (Å²) in [6.07, 6.45) is 0.974. The summed E-state index contributed by atoms with van der Waals surface area (Å²) in [5, 5.41) is 11.1. The number of fused-ring (bicyclic) bond motifs is 1. The van der Waals surface area contributed by atoms with E-state index in [4.69, 9.17) is 21.4 Å². The van der Waals surface area contributed by atoms with Crippen LogP contribution in [-0.2, 0) is 19.1 Å². The zero-order valence-electron chi connectivity index (χ0n) is 13.9. The number of nitrogens with one attached hydrogen (secondary N) is 1. The van der Waals surface area contributed by atoms with Crippen LogP contribution >= 0.6 is 11.6 Å². The fourth-order valence-electron chi connectivity index (χ4n) is 2.88. The molecule has 1 heterocycles. The molecule has 0 amide bonds. The Hall–Kier alpha value is -2.12. The lowest BCUT2D eigenvalue weighted by Crippen LogP contribution is -2.45. The van der Waals surface area contributed by atoms with E-state index in [0.29, 0.717) is 24.5 Å². The minimum absolute atomic E-state index is 0.107. The maximum Gasteiger partial charge on any atom is 0.306 e. The molecule has 2 N–H and O–H groups in total. The van der Waals surface area contributed by atoms with Crippen LogP contribution in [0.3, 0.4) is 0 Å². The van der Waals surface area contributed by atoms with Crippen LogP contribution in [0.4, 0.5) is 5.69 Å². The summed E-state index contributed by atoms with van der Waals surface area (Å²) in [6, 6.07) is 4.72. The van der Waals surface area contributed by atoms with Gasteiger partial charge in [-0.25, -0.2) is 5.43 Å². The minimum Gasteiger partial charge on any atom is -0.481 e. The highest BCUT2D eigenvalue weighted by Gasteiger charge is 2.32. The van der Waals surface area contributed by atoms with Crippen LogP contribution in [0.5, 0.6) is 0 Å². The lowest BCUT2D eigenvalue weighted by atomic mass is 9.98. The number of carboxylic acids is 1. The zero-order chi connectivity index (χ0) is 18.4. The molecule has 1 aromatic rings. The third-order valence-electron chi connectivity index (χ3n) is 4.00. The number of anilines is 1. The number of ether oxygens (including phenoxy) is 1. The lowest BCUT2D eigenvalue weighted by molar-refractivity contribution is -0.143. The molecule has 0 aromatic heterocycles. The molecular weight excluding hydrogens is 348 g/mol. The van der Waals surface area contributed by atoms with E-state index in [-0.39, 0.29) is 31.1 Å². The molecule has 1 aromatic carbocycles. The maximum atomic E-state index is 11.8. The van der Waals surface area contributed by atoms with Crippen LogP contribution in [0.15, 0.2) is 18.2 Å². The Labute approximate surface area is 150 Å². The smallest absolute Gasteiger partial charge is 0.306 e. The predicted octanol–water partition coefficient (Wildman–Crippen LogP) is 2.13. The normalized spacial score (nSPS) is 17.0. The van der Waals surface area contributed by atoms with Gasteiger partial charge in [0.2, 0.25) is 0 Å². The van der Waals surface area contributed by atoms with E-state index in [1.807, 2.05) is 6.07 Å². The summed E-state index contributed by atoms with van der Waals surface area (Å²) < 4.78 is 5.02. The molecule has 136 valence electrons. The van der Waals surface area contributed by atoms with Crippen molar-refractivity contribution in [2.45, 2.75) is 38.1 Å². The van der Waals surface area contributed by atoms with Gasteiger partial charge in [0.15, 0.2) is 0 Å². The minimum atomic E-state index is -0.956. The number of nitrogens with zero attached hydrogens (tertiary/aromatic N) is 1. The van der Waals surface area contributed by atoms with E-state index in [9.17, 15) is 14.4 Å². The number of hydrazine groups is 1. The summed E-state index contributed by atoms with van der Waals surface area (Å²) in [5.74, 6) is -1.37. The maximum absolute atomic E-state index is 11.8. The molecule has 0 fully saturated rings. The first kappa shape index (κ1) is 19.2. The fraction of sp³-hybridized carbons (Fsp3) is 0.471. The van der Waals surface area contributed by atoms with Crippen LogP contribution in [0.2, 0.25) is 5.02 Å². The number of carbonyl (C=O) groups excluding carboxylic acids is 2. The molecular formula is C17H21ClN2O5. The SMILES string of the molecule is CCOC(=O)CC1CN(N[C@H](C=O)CCC(=O)O)c2ccc(Cl)cc21. The molecule has 1 unspecified atom stereocenters. The first-order valence-electron chi connectivity index (χ1n) is 8.10. The van der Waals surface area contributed by atoms with E-state index in [0.717, 1.165) is 11.3 Å². The van der Waals surface area contributed by atoms with Gasteiger partial charge in [-0.1, -0.05) is 11.6 Å². The Morgan fingerprint density at radius 1 is 1.52 bits per heavy atom. The summed E-state index contributed by atoms with van der Waals surface area (Å²) in [4.78, 5) is 33.8. The molecule has 8 heteroatoms. The topological polar surface area (TPSA) is 95.9 Å². The second-order valence-electron chi connectivity index (χ2n) is 5.82. The quantitative estimate of drug-likeness (QED) is 0.509. The standard InChI is InChI=1S/C17H21ClN2O5/c1-2-25-17(24)7-11-9-20(15-5-3-12(18)8-14(11)15)19-13(10-21)4-6-16(22)23/h3,5,8,10-11,13,19H,2,4,6-7,9H2,1H3,(H,22,23)/t11?,13-/m0/s1. The zero-order valence-corrected chi connectivity index (χ0v) is 14.7. The number of hydrogen-bond acceptors (Lipinski definition) is 6. The van der Waals surface area contributed by atoms with Crippen LogP contribution in [0, 0.1) is 0 Å². The van der Waals surface area contributed by atoms with Crippen LogP contribution in [-0.4, -0.2) is 42.5 Å². The number of carbonyl (C=O) groups is 3. The van der Waals surface area contributed by atoms with E-state index >= 15 is 0 Å². The average Bonchev–Trinajstić information content (AvgIpc) is 2.88. The number of carboxylic acid groups (broad SMARTS) is 1. The molecule has 0 spiro atoms. The average molecular weight is 369 g/mol. The van der Waals surface area contributed by atoms with Gasteiger partial charge in [0.25, 0.3) is 0 Å². The Balaban J connectivity index is 2.13. The number of aldehydes is 1. The van der Waals surface area contributed by atoms with Crippen LogP contribution in [0.25, 0.3) is 0 Å². The highest BCUT2D eigenvalue weighted by molar-refractivity contribution is 6.30. The van der Waals surface area contributed by atoms with Gasteiger partial charge in [-0.15, -0.1) is 0 Å². The highest BCUT2D eigenvalue weighted by atomic mass is 35.5. The fourth-order valence-corrected chi connectivity index (χ4v) is 3.06. The molecule has 25 heavy (non-hydrogen) atoms. The van der Waals surface area contributed by atoms with E-state index < -0.39 is 12.0 Å². The number of halogens is 1.